The van der Waals surface area contributed by atoms with Crippen molar-refractivity contribution in [2.45, 2.75) is 43.7 Å². The van der Waals surface area contributed by atoms with Gasteiger partial charge in [-0.15, -0.1) is 0 Å². The van der Waals surface area contributed by atoms with Crippen molar-refractivity contribution < 1.29 is 19.3 Å². The molecular weight excluding hydrogens is 284 g/mol. The molecule has 1 aromatic heterocycles. The van der Waals surface area contributed by atoms with Gasteiger partial charge in [0.25, 0.3) is 5.66 Å². The zero-order valence-electron chi connectivity index (χ0n) is 12.6. The Labute approximate surface area is 128 Å². The summed E-state index contributed by atoms with van der Waals surface area (Å²) in [5.74, 6) is 0.543. The van der Waals surface area contributed by atoms with Gasteiger partial charge in [-0.25, -0.2) is 9.53 Å². The van der Waals surface area contributed by atoms with Gasteiger partial charge in [0.15, 0.2) is 0 Å². The lowest BCUT2D eigenvalue weighted by molar-refractivity contribution is -0.841. The van der Waals surface area contributed by atoms with Crippen LogP contribution >= 0.6 is 0 Å². The maximum Gasteiger partial charge on any atom is 0.271 e. The second-order valence-corrected chi connectivity index (χ2v) is 6.85. The average molecular weight is 305 g/mol. The number of hydrogen-bond acceptors (Lipinski definition) is 6. The van der Waals surface area contributed by atoms with E-state index in [4.69, 9.17) is 9.37 Å². The van der Waals surface area contributed by atoms with Gasteiger partial charge in [-0.05, 0) is 17.6 Å². The first-order valence-corrected chi connectivity index (χ1v) is 8.31. The molecule has 2 aliphatic heterocycles. The minimum absolute atomic E-state index is 0.172. The first-order chi connectivity index (χ1) is 10.8. The molecule has 3 atom stereocenters. The van der Waals surface area contributed by atoms with Crippen LogP contribution in [-0.4, -0.2) is 62.8 Å². The van der Waals surface area contributed by atoms with Crippen molar-refractivity contribution in [2.24, 2.45) is 5.92 Å². The van der Waals surface area contributed by atoms with Crippen molar-refractivity contribution >= 4 is 5.71 Å². The molecule has 0 radical (unpaired) electrons. The zero-order valence-corrected chi connectivity index (χ0v) is 12.6. The molecule has 4 aliphatic rings. The van der Waals surface area contributed by atoms with Gasteiger partial charge in [0.2, 0.25) is 5.71 Å². The fourth-order valence-electron chi connectivity index (χ4n) is 5.26. The lowest BCUT2D eigenvalue weighted by atomic mass is 9.77. The van der Waals surface area contributed by atoms with Crippen LogP contribution < -0.4 is 0 Å². The predicted molar refractivity (Wildman–Crippen MR) is 74.9 cm³/mol. The number of nitrogens with zero attached hydrogens (tertiary/aromatic N) is 4. The Kier molecular flexibility index (Phi) is 2.67. The molecule has 3 heterocycles. The third kappa shape index (κ3) is 1.46. The van der Waals surface area contributed by atoms with Gasteiger partial charge in [-0.2, -0.15) is 0 Å². The Bertz CT molecular complexity index is 636. The molecule has 118 valence electrons. The van der Waals surface area contributed by atoms with E-state index in [1.165, 1.54) is 0 Å². The van der Waals surface area contributed by atoms with Gasteiger partial charge >= 0.3 is 0 Å². The van der Waals surface area contributed by atoms with Crippen molar-refractivity contribution in [3.05, 3.63) is 11.4 Å². The van der Waals surface area contributed by atoms with Gasteiger partial charge in [0.1, 0.15) is 17.3 Å². The van der Waals surface area contributed by atoms with E-state index < -0.39 is 0 Å². The molecule has 0 spiro atoms. The minimum Gasteiger partial charge on any atom is -0.379 e. The van der Waals surface area contributed by atoms with Crippen LogP contribution in [0.15, 0.2) is 4.63 Å². The maximum atomic E-state index is 11.1. The summed E-state index contributed by atoms with van der Waals surface area (Å²) in [7, 11) is 0. The van der Waals surface area contributed by atoms with Crippen LogP contribution in [0.5, 0.6) is 0 Å². The molecule has 2 aliphatic carbocycles. The van der Waals surface area contributed by atoms with E-state index in [-0.39, 0.29) is 11.6 Å². The number of fused-ring (bicyclic) bond motifs is 5. The number of hydrogen-bond donors (Lipinski definition) is 1. The van der Waals surface area contributed by atoms with Crippen LogP contribution in [0.2, 0.25) is 0 Å². The predicted octanol–water partition coefficient (Wildman–Crippen LogP) is 0.784. The summed E-state index contributed by atoms with van der Waals surface area (Å²) in [6.07, 6.45) is 4.94. The molecule has 1 saturated heterocycles. The highest BCUT2D eigenvalue weighted by atomic mass is 16.6. The summed E-state index contributed by atoms with van der Waals surface area (Å²) < 4.78 is 12.1. The highest BCUT2D eigenvalue weighted by Gasteiger charge is 2.69. The minimum atomic E-state index is -0.273. The topological polar surface area (TPSA) is 74.6 Å². The quantitative estimate of drug-likeness (QED) is 0.610. The summed E-state index contributed by atoms with van der Waals surface area (Å²) in [5.41, 5.74) is 2.78. The SMILES string of the molecule is O[N+]1=C2CCc3nonc3C2C2CCCC21N1CCOCC1. The molecule has 5 rings (SSSR count). The molecule has 0 aromatic carbocycles. The maximum absolute atomic E-state index is 11.1. The number of rotatable bonds is 1. The molecule has 7 nitrogen and oxygen atoms in total. The first kappa shape index (κ1) is 13.0. The Balaban J connectivity index is 1.63. The molecule has 3 unspecified atom stereocenters. The summed E-state index contributed by atoms with van der Waals surface area (Å²) in [4.78, 5) is 2.44. The Morgan fingerprint density at radius 3 is 2.95 bits per heavy atom. The highest BCUT2D eigenvalue weighted by molar-refractivity contribution is 5.90. The van der Waals surface area contributed by atoms with Gasteiger partial charge < -0.3 is 4.74 Å². The van der Waals surface area contributed by atoms with E-state index in [9.17, 15) is 5.21 Å². The molecular formula is C15H21N4O3+. The van der Waals surface area contributed by atoms with Crippen LogP contribution in [-0.2, 0) is 11.2 Å². The zero-order chi connectivity index (χ0) is 14.7. The van der Waals surface area contributed by atoms with Crippen molar-refractivity contribution in [3.8, 4) is 0 Å². The van der Waals surface area contributed by atoms with Crippen LogP contribution in [0.4, 0.5) is 0 Å². The molecule has 7 heteroatoms. The highest BCUT2D eigenvalue weighted by Crippen LogP contribution is 2.54. The van der Waals surface area contributed by atoms with Crippen LogP contribution in [0.25, 0.3) is 0 Å². The molecule has 1 N–H and O–H groups in total. The lowest BCUT2D eigenvalue weighted by Crippen LogP contribution is -2.59. The molecule has 1 aromatic rings. The third-order valence-electron chi connectivity index (χ3n) is 6.11. The largest absolute Gasteiger partial charge is 0.379 e. The number of morpholine rings is 1. The smallest absolute Gasteiger partial charge is 0.271 e. The van der Waals surface area contributed by atoms with E-state index >= 15 is 0 Å². The normalized spacial score (nSPS) is 38.0. The summed E-state index contributed by atoms with van der Waals surface area (Å²) in [6, 6.07) is 0. The number of ether oxygens (including phenoxy) is 1. The Morgan fingerprint density at radius 2 is 2.09 bits per heavy atom. The van der Waals surface area contributed by atoms with Crippen molar-refractivity contribution in [3.63, 3.8) is 0 Å². The average Bonchev–Trinajstić information content (AvgIpc) is 3.24. The molecule has 1 saturated carbocycles. The van der Waals surface area contributed by atoms with Gasteiger partial charge in [0.05, 0.1) is 19.1 Å². The molecule has 0 amide bonds. The van der Waals surface area contributed by atoms with Gasteiger partial charge in [0, 0.05) is 32.4 Å². The summed E-state index contributed by atoms with van der Waals surface area (Å²) >= 11 is 0. The molecule has 22 heavy (non-hydrogen) atoms. The second-order valence-electron chi connectivity index (χ2n) is 6.85. The van der Waals surface area contributed by atoms with Crippen LogP contribution in [0.3, 0.4) is 0 Å². The Hall–Kier alpha value is -1.47. The summed E-state index contributed by atoms with van der Waals surface area (Å²) in [5, 5.41) is 19.3. The van der Waals surface area contributed by atoms with Gasteiger partial charge in [-0.3, -0.25) is 5.21 Å². The third-order valence-corrected chi connectivity index (χ3v) is 6.11. The second kappa shape index (κ2) is 4.52. The molecule has 0 bridgehead atoms. The van der Waals surface area contributed by atoms with Crippen molar-refractivity contribution in [1.82, 2.24) is 15.2 Å². The van der Waals surface area contributed by atoms with Crippen molar-refractivity contribution in [1.29, 1.82) is 0 Å². The van der Waals surface area contributed by atoms with E-state index in [2.05, 4.69) is 15.2 Å². The van der Waals surface area contributed by atoms with E-state index in [0.717, 1.165) is 75.5 Å². The standard InChI is InChI=1S/C15H21N4O3/c20-19-12-4-3-11-14(17-22-16-11)13(12)10-2-1-5-15(10,19)18-6-8-21-9-7-18/h10,13,20H,1-9H2/q+1. The van der Waals surface area contributed by atoms with E-state index in [1.54, 1.807) is 4.74 Å². The first-order valence-electron chi connectivity index (χ1n) is 8.31. The number of aryl methyl sites for hydroxylation is 1. The van der Waals surface area contributed by atoms with Crippen LogP contribution in [0.1, 0.15) is 43.0 Å². The Morgan fingerprint density at radius 1 is 1.23 bits per heavy atom. The lowest BCUT2D eigenvalue weighted by Gasteiger charge is -2.38. The van der Waals surface area contributed by atoms with Crippen LogP contribution in [0, 0.1) is 5.92 Å². The van der Waals surface area contributed by atoms with E-state index in [0.29, 0.717) is 5.92 Å². The number of aromatic nitrogens is 2. The van der Waals surface area contributed by atoms with E-state index in [1.807, 2.05) is 0 Å². The fraction of sp³-hybridized carbons (Fsp3) is 0.800. The number of hydroxylamine groups is 1. The molecule has 2 fully saturated rings. The summed E-state index contributed by atoms with van der Waals surface area (Å²) in [6.45, 7) is 3.27. The fourth-order valence-corrected chi connectivity index (χ4v) is 5.26. The van der Waals surface area contributed by atoms with Crippen molar-refractivity contribution in [2.75, 3.05) is 26.3 Å². The van der Waals surface area contributed by atoms with Gasteiger partial charge in [-0.1, -0.05) is 10.3 Å². The monoisotopic (exact) mass is 305 g/mol.